The zero-order valence-corrected chi connectivity index (χ0v) is 34.0. The first-order valence-electron chi connectivity index (χ1n) is 20.7. The van der Waals surface area contributed by atoms with Crippen molar-refractivity contribution in [2.24, 2.45) is 41.4 Å². The SMILES string of the molecule is CC[C@H](C(=O)O)C1CC[C@H](C)[C@H]([C@@H](C)[C@H](O)[C@H](C)C(=O)[C@H](CC)[C@H]2O[C@@]3(C=C[C@@H](O)[C@@]4(CC[C@@](C)([C@H]5CC[C@](O)(CC)[C@H](C)O5)O4)O3)[C@H](C)C[C@@H]2C)O1. The fourth-order valence-electron chi connectivity index (χ4n) is 10.5. The maximum Gasteiger partial charge on any atom is 0.309 e. The molecule has 2 spiro atoms. The van der Waals surface area contributed by atoms with Crippen LogP contribution in [0.25, 0.3) is 0 Å². The number of Topliss-reactive ketones (excluding diaryl/α,β-unsaturated/α-hetero) is 1. The van der Waals surface area contributed by atoms with Gasteiger partial charge >= 0.3 is 5.97 Å². The van der Waals surface area contributed by atoms with Crippen LogP contribution in [0.4, 0.5) is 0 Å². The van der Waals surface area contributed by atoms with E-state index >= 15 is 0 Å². The minimum absolute atomic E-state index is 0.0137. The minimum atomic E-state index is -1.37. The second-order valence-electron chi connectivity index (χ2n) is 17.9. The first kappa shape index (κ1) is 42.7. The van der Waals surface area contributed by atoms with Gasteiger partial charge in [-0.15, -0.1) is 0 Å². The van der Waals surface area contributed by atoms with Crippen molar-refractivity contribution in [1.82, 2.24) is 0 Å². The van der Waals surface area contributed by atoms with Crippen LogP contribution in [0.2, 0.25) is 0 Å². The zero-order valence-electron chi connectivity index (χ0n) is 34.0. The van der Waals surface area contributed by atoms with Crippen molar-refractivity contribution < 1.29 is 53.7 Å². The smallest absolute Gasteiger partial charge is 0.309 e. The second kappa shape index (κ2) is 16.2. The van der Waals surface area contributed by atoms with E-state index in [-0.39, 0.29) is 41.8 Å². The molecule has 53 heavy (non-hydrogen) atoms. The number of rotatable bonds is 12. The largest absolute Gasteiger partial charge is 0.481 e. The van der Waals surface area contributed by atoms with Crippen LogP contribution in [0.3, 0.4) is 0 Å². The molecule has 5 rings (SSSR count). The molecular formula is C42H70O11. The Hall–Kier alpha value is -1.44. The number of hydrogen-bond acceptors (Lipinski definition) is 10. The van der Waals surface area contributed by atoms with E-state index in [0.717, 1.165) is 6.42 Å². The molecule has 5 heterocycles. The molecule has 5 aliphatic rings. The number of ether oxygens (including phenoxy) is 5. The van der Waals surface area contributed by atoms with Crippen LogP contribution in [-0.4, -0.2) is 97.7 Å². The molecule has 0 amide bonds. The van der Waals surface area contributed by atoms with Gasteiger partial charge in [-0.05, 0) is 95.6 Å². The summed E-state index contributed by atoms with van der Waals surface area (Å²) in [5, 5.41) is 44.0. The Balaban J connectivity index is 1.31. The van der Waals surface area contributed by atoms with Crippen molar-refractivity contribution in [3.8, 4) is 0 Å². The number of carboxylic acids is 1. The highest BCUT2D eigenvalue weighted by Crippen LogP contribution is 2.54. The van der Waals surface area contributed by atoms with Gasteiger partial charge in [0, 0.05) is 30.1 Å². The highest BCUT2D eigenvalue weighted by Gasteiger charge is 2.63. The lowest BCUT2D eigenvalue weighted by Crippen LogP contribution is -2.63. The monoisotopic (exact) mass is 750 g/mol. The first-order valence-corrected chi connectivity index (χ1v) is 20.7. The third kappa shape index (κ3) is 7.94. The zero-order chi connectivity index (χ0) is 39.3. The molecule has 304 valence electrons. The molecule has 18 atom stereocenters. The van der Waals surface area contributed by atoms with E-state index in [1.54, 1.807) is 19.1 Å². The summed E-state index contributed by atoms with van der Waals surface area (Å²) in [7, 11) is 0. The standard InChI is InChI=1S/C42H70O11/c1-11-29(38(46)47)31-15-14-23(4)36(50-31)27(8)34(44)26(7)35(45)30(12-2)37-24(5)22-25(6)41(51-37)19-16-32(43)42(53-41)21-20-39(10,52-42)33-17-18-40(48,13-3)28(9)49-33/h16,19,23-34,36-37,43-44,48H,11-15,17-18,20-22H2,1-10H3,(H,46,47)/t23-,24-,25+,26-,27-,28-,29-,30-,31?,32+,33+,34+,36+,37-,39-,40+,41+,42+/m0/s1. The Kier molecular flexibility index (Phi) is 13.0. The summed E-state index contributed by atoms with van der Waals surface area (Å²) in [4.78, 5) is 26.4. The lowest BCUT2D eigenvalue weighted by atomic mass is 9.72. The summed E-state index contributed by atoms with van der Waals surface area (Å²) in [5.74, 6) is -5.78. The molecule has 1 unspecified atom stereocenters. The molecule has 0 bridgehead atoms. The predicted molar refractivity (Wildman–Crippen MR) is 199 cm³/mol. The van der Waals surface area contributed by atoms with Crippen molar-refractivity contribution in [3.05, 3.63) is 12.2 Å². The molecule has 0 aromatic carbocycles. The number of aliphatic hydroxyl groups excluding tert-OH is 2. The minimum Gasteiger partial charge on any atom is -0.481 e. The van der Waals surface area contributed by atoms with Gasteiger partial charge in [0.15, 0.2) is 5.79 Å². The topological polar surface area (TPSA) is 161 Å². The Morgan fingerprint density at radius 3 is 2.17 bits per heavy atom. The van der Waals surface area contributed by atoms with Crippen molar-refractivity contribution in [1.29, 1.82) is 0 Å². The highest BCUT2D eigenvalue weighted by molar-refractivity contribution is 5.84. The van der Waals surface area contributed by atoms with Gasteiger partial charge in [-0.3, -0.25) is 9.59 Å². The number of ketones is 1. The predicted octanol–water partition coefficient (Wildman–Crippen LogP) is 6.19. The summed E-state index contributed by atoms with van der Waals surface area (Å²) in [6, 6.07) is 0. The molecule has 0 aromatic heterocycles. The molecule has 0 saturated carbocycles. The average Bonchev–Trinajstić information content (AvgIpc) is 3.47. The highest BCUT2D eigenvalue weighted by atomic mass is 16.8. The van der Waals surface area contributed by atoms with Crippen LogP contribution < -0.4 is 0 Å². The molecule has 11 nitrogen and oxygen atoms in total. The summed E-state index contributed by atoms with van der Waals surface area (Å²) in [6.07, 6.45) is 5.51. The van der Waals surface area contributed by atoms with Crippen LogP contribution in [0.1, 0.15) is 133 Å². The van der Waals surface area contributed by atoms with Crippen LogP contribution >= 0.6 is 0 Å². The van der Waals surface area contributed by atoms with Gasteiger partial charge in [0.25, 0.3) is 0 Å². The number of hydrogen-bond donors (Lipinski definition) is 4. The Morgan fingerprint density at radius 1 is 0.887 bits per heavy atom. The van der Waals surface area contributed by atoms with E-state index in [0.29, 0.717) is 57.8 Å². The Morgan fingerprint density at radius 2 is 1.57 bits per heavy atom. The van der Waals surface area contributed by atoms with Gasteiger partial charge in [-0.2, -0.15) is 0 Å². The van der Waals surface area contributed by atoms with Gasteiger partial charge in [0.1, 0.15) is 11.9 Å². The number of carboxylic acid groups (broad SMARTS) is 1. The van der Waals surface area contributed by atoms with Gasteiger partial charge in [0.2, 0.25) is 5.79 Å². The Labute approximate surface area is 317 Å². The van der Waals surface area contributed by atoms with Crippen LogP contribution in [0.5, 0.6) is 0 Å². The maximum atomic E-state index is 14.4. The van der Waals surface area contributed by atoms with E-state index in [1.807, 2.05) is 41.5 Å². The average molecular weight is 751 g/mol. The molecular weight excluding hydrogens is 680 g/mol. The van der Waals surface area contributed by atoms with Gasteiger partial charge in [-0.1, -0.05) is 55.4 Å². The number of carbonyl (C=O) groups excluding carboxylic acids is 1. The molecule has 0 aromatic rings. The first-order chi connectivity index (χ1) is 24.8. The fourth-order valence-corrected chi connectivity index (χ4v) is 10.5. The van der Waals surface area contributed by atoms with Crippen molar-refractivity contribution >= 4 is 11.8 Å². The molecule has 5 aliphatic heterocycles. The van der Waals surface area contributed by atoms with Gasteiger partial charge in [-0.25, -0.2) is 0 Å². The lowest BCUT2D eigenvalue weighted by molar-refractivity contribution is -0.409. The molecule has 4 fully saturated rings. The summed E-state index contributed by atoms with van der Waals surface area (Å²) in [5.41, 5.74) is -1.63. The van der Waals surface area contributed by atoms with E-state index in [1.165, 1.54) is 0 Å². The number of carbonyl (C=O) groups is 2. The quantitative estimate of drug-likeness (QED) is 0.169. The van der Waals surface area contributed by atoms with Crippen molar-refractivity contribution in [2.75, 3.05) is 0 Å². The molecule has 4 saturated heterocycles. The molecule has 11 heteroatoms. The summed E-state index contributed by atoms with van der Waals surface area (Å²) < 4.78 is 33.5. The van der Waals surface area contributed by atoms with Gasteiger partial charge in [0.05, 0.1) is 53.7 Å². The van der Waals surface area contributed by atoms with Crippen LogP contribution in [0, 0.1) is 41.4 Å². The summed E-state index contributed by atoms with van der Waals surface area (Å²) >= 11 is 0. The number of aliphatic carboxylic acids is 1. The fraction of sp³-hybridized carbons (Fsp3) is 0.905. The third-order valence-corrected chi connectivity index (χ3v) is 14.4. The molecule has 0 aliphatic carbocycles. The molecule has 4 N–H and O–H groups in total. The van der Waals surface area contributed by atoms with Gasteiger partial charge < -0.3 is 44.1 Å². The normalized spacial score (nSPS) is 46.2. The van der Waals surface area contributed by atoms with E-state index in [4.69, 9.17) is 23.7 Å². The Bertz CT molecular complexity index is 1320. The van der Waals surface area contributed by atoms with E-state index < -0.39 is 76.8 Å². The number of aliphatic hydroxyl groups is 3. The van der Waals surface area contributed by atoms with E-state index in [9.17, 15) is 30.0 Å². The maximum absolute atomic E-state index is 14.4. The van der Waals surface area contributed by atoms with Crippen molar-refractivity contribution in [3.63, 3.8) is 0 Å². The van der Waals surface area contributed by atoms with E-state index in [2.05, 4.69) is 20.8 Å². The van der Waals surface area contributed by atoms with Crippen LogP contribution in [-0.2, 0) is 33.3 Å². The summed E-state index contributed by atoms with van der Waals surface area (Å²) in [6.45, 7) is 19.6. The van der Waals surface area contributed by atoms with Crippen LogP contribution in [0.15, 0.2) is 12.2 Å². The lowest BCUT2D eigenvalue weighted by Gasteiger charge is -2.54. The third-order valence-electron chi connectivity index (χ3n) is 14.4. The molecule has 0 radical (unpaired) electrons. The second-order valence-corrected chi connectivity index (χ2v) is 17.9. The van der Waals surface area contributed by atoms with Crippen molar-refractivity contribution in [2.45, 2.75) is 199 Å².